The molecule has 0 heterocycles. The van der Waals surface area contributed by atoms with Crippen molar-refractivity contribution in [1.82, 2.24) is 0 Å². The molecule has 0 amide bonds. The molecule has 1 aromatic rings. The number of rotatable bonds is 7. The van der Waals surface area contributed by atoms with Crippen LogP contribution in [0, 0.1) is 23.7 Å². The zero-order valence-corrected chi connectivity index (χ0v) is 16.0. The molecule has 1 nitrogen and oxygen atoms in total. The first-order chi connectivity index (χ1) is 12.3. The van der Waals surface area contributed by atoms with Crippen LogP contribution in [-0.2, 0) is 4.74 Å². The maximum Gasteiger partial charge on any atom is 0.0821 e. The summed E-state index contributed by atoms with van der Waals surface area (Å²) in [5.41, 5.74) is 1.33. The van der Waals surface area contributed by atoms with Crippen molar-refractivity contribution in [2.24, 2.45) is 23.7 Å². The summed E-state index contributed by atoms with van der Waals surface area (Å²) in [5.74, 6) is 3.74. The van der Waals surface area contributed by atoms with Gasteiger partial charge in [0.1, 0.15) is 0 Å². The van der Waals surface area contributed by atoms with E-state index in [-0.39, 0.29) is 6.10 Å². The molecular formula is C24H36O. The van der Waals surface area contributed by atoms with E-state index in [0.717, 1.165) is 23.7 Å². The number of hydrogen-bond acceptors (Lipinski definition) is 1. The lowest BCUT2D eigenvalue weighted by molar-refractivity contribution is 0.0822. The molecular weight excluding hydrogens is 304 g/mol. The summed E-state index contributed by atoms with van der Waals surface area (Å²) < 4.78 is 5.76. The second-order valence-electron chi connectivity index (χ2n) is 8.40. The Morgan fingerprint density at radius 3 is 2.12 bits per heavy atom. The fourth-order valence-corrected chi connectivity index (χ4v) is 5.28. The molecule has 3 rings (SSSR count). The van der Waals surface area contributed by atoms with Crippen molar-refractivity contribution < 1.29 is 4.74 Å². The maximum atomic E-state index is 5.76. The molecule has 2 aliphatic carbocycles. The molecule has 1 atom stereocenters. The third-order valence-corrected chi connectivity index (χ3v) is 7.00. The number of methoxy groups -OCH3 is 1. The molecule has 0 radical (unpaired) electrons. The van der Waals surface area contributed by atoms with E-state index < -0.39 is 0 Å². The summed E-state index contributed by atoms with van der Waals surface area (Å²) >= 11 is 0. The topological polar surface area (TPSA) is 9.23 Å². The molecule has 2 aliphatic rings. The van der Waals surface area contributed by atoms with Crippen LogP contribution in [0.15, 0.2) is 43.0 Å². The molecule has 0 bridgehead atoms. The highest BCUT2D eigenvalue weighted by molar-refractivity contribution is 5.17. The minimum absolute atomic E-state index is 0.271. The molecule has 0 N–H and O–H groups in total. The first-order valence-corrected chi connectivity index (χ1v) is 10.5. The van der Waals surface area contributed by atoms with E-state index in [1.165, 1.54) is 69.8 Å². The van der Waals surface area contributed by atoms with E-state index in [4.69, 9.17) is 4.74 Å². The summed E-state index contributed by atoms with van der Waals surface area (Å²) in [5, 5.41) is 0. The predicted molar refractivity (Wildman–Crippen MR) is 107 cm³/mol. The molecule has 1 aromatic carbocycles. The predicted octanol–water partition coefficient (Wildman–Crippen LogP) is 6.95. The molecule has 0 aromatic heterocycles. The van der Waals surface area contributed by atoms with Crippen LogP contribution in [0.3, 0.4) is 0 Å². The van der Waals surface area contributed by atoms with Gasteiger partial charge in [0.25, 0.3) is 0 Å². The first kappa shape index (κ1) is 18.7. The Kier molecular flexibility index (Phi) is 7.16. The summed E-state index contributed by atoms with van der Waals surface area (Å²) in [7, 11) is 1.86. The van der Waals surface area contributed by atoms with Gasteiger partial charge in [-0.1, -0.05) is 49.2 Å². The highest BCUT2D eigenvalue weighted by atomic mass is 16.5. The summed E-state index contributed by atoms with van der Waals surface area (Å²) in [6.07, 6.45) is 16.4. The summed E-state index contributed by atoms with van der Waals surface area (Å²) in [6, 6.07) is 10.7. The number of hydrogen-bond donors (Lipinski definition) is 0. The second kappa shape index (κ2) is 9.57. The Labute approximate surface area is 154 Å². The van der Waals surface area contributed by atoms with Gasteiger partial charge in [0.15, 0.2) is 0 Å². The highest BCUT2D eigenvalue weighted by Gasteiger charge is 2.30. The number of benzene rings is 1. The third kappa shape index (κ3) is 5.20. The van der Waals surface area contributed by atoms with E-state index in [2.05, 4.69) is 43.0 Å². The summed E-state index contributed by atoms with van der Waals surface area (Å²) in [6.45, 7) is 3.99. The average molecular weight is 341 g/mol. The minimum Gasteiger partial charge on any atom is -0.377 e. The Morgan fingerprint density at radius 2 is 1.56 bits per heavy atom. The lowest BCUT2D eigenvalue weighted by Gasteiger charge is -2.37. The van der Waals surface area contributed by atoms with E-state index in [1.807, 2.05) is 7.11 Å². The number of allylic oxidation sites excluding steroid dienone is 1. The van der Waals surface area contributed by atoms with Crippen LogP contribution in [0.25, 0.3) is 0 Å². The maximum absolute atomic E-state index is 5.76. The van der Waals surface area contributed by atoms with Crippen LogP contribution in [0.4, 0.5) is 0 Å². The normalized spacial score (nSPS) is 31.4. The standard InChI is InChI=1S/C24H36O/c1-3-19-9-14-21(15-10-19)22-16-11-20(12-17-22)13-18-24(25-2)23-7-5-4-6-8-23/h3-8,19-22,24H,1,9-18H2,2H3. The fourth-order valence-electron chi connectivity index (χ4n) is 5.28. The smallest absolute Gasteiger partial charge is 0.0821 e. The van der Waals surface area contributed by atoms with E-state index in [0.29, 0.717) is 0 Å². The van der Waals surface area contributed by atoms with Gasteiger partial charge in [-0.25, -0.2) is 0 Å². The van der Waals surface area contributed by atoms with Gasteiger partial charge in [-0.2, -0.15) is 0 Å². The van der Waals surface area contributed by atoms with Crippen molar-refractivity contribution >= 4 is 0 Å². The van der Waals surface area contributed by atoms with Crippen molar-refractivity contribution in [2.75, 3.05) is 7.11 Å². The Morgan fingerprint density at radius 1 is 0.960 bits per heavy atom. The highest BCUT2D eigenvalue weighted by Crippen LogP contribution is 2.42. The second-order valence-corrected chi connectivity index (χ2v) is 8.40. The van der Waals surface area contributed by atoms with Crippen LogP contribution < -0.4 is 0 Å². The molecule has 0 spiro atoms. The average Bonchev–Trinajstić information content (AvgIpc) is 2.70. The zero-order valence-electron chi connectivity index (χ0n) is 16.0. The molecule has 25 heavy (non-hydrogen) atoms. The molecule has 1 unspecified atom stereocenters. The Bertz CT molecular complexity index is 492. The van der Waals surface area contributed by atoms with Crippen molar-refractivity contribution in [1.29, 1.82) is 0 Å². The van der Waals surface area contributed by atoms with Gasteiger partial charge >= 0.3 is 0 Å². The molecule has 2 saturated carbocycles. The lowest BCUT2D eigenvalue weighted by atomic mass is 9.68. The van der Waals surface area contributed by atoms with E-state index in [9.17, 15) is 0 Å². The third-order valence-electron chi connectivity index (χ3n) is 7.00. The molecule has 2 fully saturated rings. The lowest BCUT2D eigenvalue weighted by Crippen LogP contribution is -2.25. The molecule has 0 aliphatic heterocycles. The molecule has 1 heteroatoms. The largest absolute Gasteiger partial charge is 0.377 e. The zero-order chi connectivity index (χ0) is 17.5. The number of ether oxygens (including phenoxy) is 1. The Balaban J connectivity index is 1.40. The van der Waals surface area contributed by atoms with Crippen LogP contribution in [-0.4, -0.2) is 7.11 Å². The van der Waals surface area contributed by atoms with Crippen LogP contribution in [0.1, 0.15) is 75.9 Å². The Hall–Kier alpha value is -1.08. The van der Waals surface area contributed by atoms with E-state index in [1.54, 1.807) is 0 Å². The van der Waals surface area contributed by atoms with Gasteiger partial charge in [0.2, 0.25) is 0 Å². The fraction of sp³-hybridized carbons (Fsp3) is 0.667. The molecule has 0 saturated heterocycles. The summed E-state index contributed by atoms with van der Waals surface area (Å²) in [4.78, 5) is 0. The SMILES string of the molecule is C=CC1CCC(C2CCC(CCC(OC)c3ccccc3)CC2)CC1. The van der Waals surface area contributed by atoms with Gasteiger partial charge in [-0.3, -0.25) is 0 Å². The molecule has 138 valence electrons. The van der Waals surface area contributed by atoms with Gasteiger partial charge in [-0.05, 0) is 80.6 Å². The van der Waals surface area contributed by atoms with Crippen molar-refractivity contribution in [3.63, 3.8) is 0 Å². The van der Waals surface area contributed by atoms with Gasteiger partial charge in [0, 0.05) is 7.11 Å². The van der Waals surface area contributed by atoms with Crippen LogP contribution >= 0.6 is 0 Å². The van der Waals surface area contributed by atoms with Gasteiger partial charge in [-0.15, -0.1) is 6.58 Å². The van der Waals surface area contributed by atoms with Crippen molar-refractivity contribution in [3.8, 4) is 0 Å². The van der Waals surface area contributed by atoms with E-state index >= 15 is 0 Å². The van der Waals surface area contributed by atoms with Crippen LogP contribution in [0.2, 0.25) is 0 Å². The van der Waals surface area contributed by atoms with Crippen molar-refractivity contribution in [2.45, 2.75) is 70.3 Å². The van der Waals surface area contributed by atoms with Gasteiger partial charge < -0.3 is 4.74 Å². The first-order valence-electron chi connectivity index (χ1n) is 10.5. The van der Waals surface area contributed by atoms with Crippen molar-refractivity contribution in [3.05, 3.63) is 48.6 Å². The van der Waals surface area contributed by atoms with Crippen LogP contribution in [0.5, 0.6) is 0 Å². The quantitative estimate of drug-likeness (QED) is 0.488. The minimum atomic E-state index is 0.271. The monoisotopic (exact) mass is 340 g/mol. The van der Waals surface area contributed by atoms with Gasteiger partial charge in [0.05, 0.1) is 6.10 Å².